The van der Waals surface area contributed by atoms with Crippen LogP contribution in [0.3, 0.4) is 0 Å². The molecule has 106 heteroatoms. The Hall–Kier alpha value is 13.5. The SMILES string of the molecule is CCCCCCCCOC1O[C@H](COS(=O)(=O)[O-])[C@@H](OS(=O)(=O)[O-])[C@H](O[C@@H]2O[C@H](COS(=O)(=O)[O-])[C@@H](OS(=O)(=O)[O-])[C@H](O[C@@H]3O[C@H](COS(=O)(=O)[O-])[C@@H](OS(=O)(=O)[O-])[C@H](O[C@@H]4O[C@H](COS(=O)(=O)[O-])[C@@H](OS(=O)(=O)[O-])[C@H](O[C@@H]5O[C@H](COS(=O)(=O)[O-])[C@@H](OS(=O)(=O)[O-])[C@H](OS(=O)(=O)[O-])[C@H]5OS(=O)(=O)[O-])[C@H]4OS(=O)(=O)[O-])[C@H]3OS(=O)(=O)[O-])[C@H]2OS(=O)(=O)[O-])[C@H]1OS(=O)(=O)[O-].[Na+].[Na+].[Na+].[Na+].[Na+].[Na+].[Na+].[Na+].[Na+].[Na+].[Na+].[Na+].[Na+].[Na+].[Na+].[Na+]. The Bertz CT molecular complexity index is 5800. The Morgan fingerprint density at radius 1 is 0.174 bits per heavy atom. The van der Waals surface area contributed by atoms with Gasteiger partial charge in [0.15, 0.2) is 62.0 Å². The fraction of sp³-hybridized carbons (Fsp3) is 1.00. The molecule has 5 rings (SSSR count). The largest absolute Gasteiger partial charge is 1.00 e. The summed E-state index contributed by atoms with van der Waals surface area (Å²) in [6.45, 7) is -12.1. The van der Waals surface area contributed by atoms with Crippen molar-refractivity contribution in [3.05, 3.63) is 0 Å². The molecule has 1 unspecified atom stereocenters. The Morgan fingerprint density at radius 2 is 0.312 bits per heavy atom. The van der Waals surface area contributed by atoms with Crippen LogP contribution in [-0.2, 0) is 281 Å². The second-order valence-corrected chi connectivity index (χ2v) is 40.7. The van der Waals surface area contributed by atoms with Crippen molar-refractivity contribution in [3.8, 4) is 0 Å². The van der Waals surface area contributed by atoms with Gasteiger partial charge in [-0.1, -0.05) is 39.0 Å². The van der Waals surface area contributed by atoms with Gasteiger partial charge in [0.05, 0.1) is 33.0 Å². The molecule has 5 fully saturated rings. The molecule has 25 atom stereocenters. The van der Waals surface area contributed by atoms with Crippen molar-refractivity contribution in [3.63, 3.8) is 0 Å². The second-order valence-electron chi connectivity index (χ2n) is 24.4. The minimum absolute atomic E-state index is 0. The predicted molar refractivity (Wildman–Crippen MR) is 341 cm³/mol. The molecule has 0 aromatic carbocycles. The number of rotatable bonds is 53. The zero-order valence-corrected chi connectivity index (χ0v) is 122. The molecule has 144 heavy (non-hydrogen) atoms. The van der Waals surface area contributed by atoms with E-state index in [0.29, 0.717) is 19.3 Å². The second kappa shape index (κ2) is 76.5. The third-order valence-corrected chi connectivity index (χ3v) is 22.5. The van der Waals surface area contributed by atoms with E-state index in [1.807, 2.05) is 0 Å². The third kappa shape index (κ3) is 74.3. The monoisotopic (exact) mass is 2570 g/mol. The van der Waals surface area contributed by atoms with Crippen LogP contribution in [0.1, 0.15) is 45.4 Å². The predicted octanol–water partition coefficient (Wildman–Crippen LogP) is -64.7. The van der Waals surface area contributed by atoms with Crippen LogP contribution in [0.25, 0.3) is 0 Å². The van der Waals surface area contributed by atoms with Gasteiger partial charge in [-0.05, 0) is 6.42 Å². The van der Waals surface area contributed by atoms with Gasteiger partial charge in [0.2, 0.25) is 166 Å². The van der Waals surface area contributed by atoms with Crippen LogP contribution in [-0.4, -0.2) is 401 Å². The summed E-state index contributed by atoms with van der Waals surface area (Å²) < 4.78 is 717. The van der Waals surface area contributed by atoms with Crippen LogP contribution in [0.5, 0.6) is 0 Å². The molecular formula is C38H52Na16O74S16. The van der Waals surface area contributed by atoms with Crippen molar-refractivity contribution < 1.29 is 795 Å². The Balaban J connectivity index is -0.00000109. The maximum absolute atomic E-state index is 13.2. The summed E-state index contributed by atoms with van der Waals surface area (Å²) >= 11 is 0. The molecule has 5 heterocycles. The molecule has 0 radical (unpaired) electrons. The van der Waals surface area contributed by atoms with Crippen molar-refractivity contribution in [1.29, 1.82) is 0 Å². The van der Waals surface area contributed by atoms with Gasteiger partial charge in [-0.15, -0.1) is 0 Å². The molecule has 0 N–H and O–H groups in total. The van der Waals surface area contributed by atoms with Gasteiger partial charge in [0.1, 0.15) is 91.6 Å². The van der Waals surface area contributed by atoms with Gasteiger partial charge < -0.3 is 120 Å². The zero-order valence-electron chi connectivity index (χ0n) is 76.7. The Labute approximate surface area is 1180 Å². The number of ether oxygens (including phenoxy) is 10. The van der Waals surface area contributed by atoms with Crippen LogP contribution in [0.15, 0.2) is 0 Å². The van der Waals surface area contributed by atoms with Crippen molar-refractivity contribution in [2.24, 2.45) is 0 Å². The summed E-state index contributed by atoms with van der Waals surface area (Å²) in [5, 5.41) is 0. The summed E-state index contributed by atoms with van der Waals surface area (Å²) in [7, 11) is -111. The van der Waals surface area contributed by atoms with E-state index in [1.165, 1.54) is 0 Å². The van der Waals surface area contributed by atoms with Crippen molar-refractivity contribution in [2.75, 3.05) is 39.6 Å². The summed E-state index contributed by atoms with van der Waals surface area (Å²) in [4.78, 5) is 0. The van der Waals surface area contributed by atoms with Gasteiger partial charge in [0.25, 0.3) is 0 Å². The molecule has 760 valence electrons. The van der Waals surface area contributed by atoms with E-state index < -0.39 is 360 Å². The van der Waals surface area contributed by atoms with Crippen LogP contribution < -0.4 is 473 Å². The van der Waals surface area contributed by atoms with E-state index in [2.05, 4.69) is 66.9 Å². The van der Waals surface area contributed by atoms with E-state index in [0.717, 1.165) is 0 Å². The smallest absolute Gasteiger partial charge is 0.726 e. The van der Waals surface area contributed by atoms with E-state index >= 15 is 0 Å². The zero-order chi connectivity index (χ0) is 98.3. The first-order valence-electron chi connectivity index (χ1n) is 31.9. The summed E-state index contributed by atoms with van der Waals surface area (Å²) in [5.74, 6) is 0. The number of unbranched alkanes of at least 4 members (excludes halogenated alkanes) is 5. The molecule has 5 aliphatic heterocycles. The van der Waals surface area contributed by atoms with Gasteiger partial charge in [-0.25, -0.2) is 135 Å². The molecule has 0 aromatic heterocycles. The normalized spacial score (nSPS) is 28.5. The van der Waals surface area contributed by atoms with Gasteiger partial charge >= 0.3 is 473 Å². The Morgan fingerprint density at radius 3 is 0.486 bits per heavy atom. The maximum atomic E-state index is 13.2. The first-order valence-corrected chi connectivity index (χ1v) is 53.2. The first kappa shape index (κ1) is 182. The molecule has 5 aliphatic rings. The molecule has 0 saturated carbocycles. The summed E-state index contributed by atoms with van der Waals surface area (Å²) in [5.41, 5.74) is 0. The van der Waals surface area contributed by atoms with E-state index in [4.69, 9.17) is 47.4 Å². The maximum Gasteiger partial charge on any atom is 1.00 e. The number of hydrogen-bond donors (Lipinski definition) is 0. The van der Waals surface area contributed by atoms with E-state index in [9.17, 15) is 208 Å². The quantitative estimate of drug-likeness (QED) is 0.0236. The van der Waals surface area contributed by atoms with Gasteiger partial charge in [-0.3, -0.25) is 66.9 Å². The summed E-state index contributed by atoms with van der Waals surface area (Å²) in [6.07, 6.45) is -98.9. The fourth-order valence-electron chi connectivity index (χ4n) is 11.4. The Kier molecular flexibility index (Phi) is 96.8. The van der Waals surface area contributed by atoms with Crippen molar-refractivity contribution in [1.82, 2.24) is 0 Å². The average Bonchev–Trinajstić information content (AvgIpc) is 0.751. The van der Waals surface area contributed by atoms with Gasteiger partial charge in [0, 0.05) is 6.61 Å². The van der Waals surface area contributed by atoms with Crippen LogP contribution in [0, 0.1) is 0 Å². The first-order chi connectivity index (χ1) is 57.3. The van der Waals surface area contributed by atoms with Crippen LogP contribution in [0.4, 0.5) is 0 Å². The molecule has 0 spiro atoms. The van der Waals surface area contributed by atoms with Crippen molar-refractivity contribution >= 4 is 166 Å². The third-order valence-electron chi connectivity index (χ3n) is 15.3. The van der Waals surface area contributed by atoms with E-state index in [1.54, 1.807) is 6.92 Å². The van der Waals surface area contributed by atoms with Crippen molar-refractivity contribution in [2.45, 2.75) is 199 Å². The van der Waals surface area contributed by atoms with Crippen LogP contribution >= 0.6 is 0 Å². The molecule has 0 aliphatic carbocycles. The molecule has 0 bridgehead atoms. The molecule has 0 aromatic rings. The summed E-state index contributed by atoms with van der Waals surface area (Å²) in [6, 6.07) is 0. The average molecular weight is 2570 g/mol. The standard InChI is InChI=1S/C38H68O74S16.16Na/c1-2-3-4-5-6-7-8-87-34-29(108-124(72,73)74)24(19(102-118(54,55)56)14(93-34)9-88-113(39,40)41)98-35-30(109-125(75,76)77)25(20(103-119(57,58)59)15(94-35)10-89-114(42,43)44)99-36-31(110-126(78,79)80)26(21(104-120(60,61)62)16(95-36)11-90-115(45,46)47)100-37-32(111-127(81,82)83)27(22(105-121(63,64)65)17(96-37)12-91-116(48,49)50)101-38-33(112-128(84,85)86)28(107-123(69,70)71)23(106-122(66,67)68)18(97-38)13-92-117(51,52)53;;;;;;;;;;;;;;;;/h14-38H,2-13H2,1H3,(H,39,40,41)(H,42,43,44)(H,45,46,47)(H,48,49,50)(H,51,52,53)(H,54,55,56)(H,57,58,59)(H,60,61,62)(H,63,64,65)(H,66,67,68)(H,69,70,71)(H,72,73,74)(H,75,76,77)(H,78,79,80)(H,81,82,83)(H,84,85,86);;;;;;;;;;;;;;;;/q;16*+1/p-16/t14-,15-,16-,17-,18-,19-,20-,21-,22-,23-,24+,25+,26+,27+,28+,29-,30-,31-,32-,33-,34?,35+,36+,37+,38+;;;;;;;;;;;;;;;;/m1................/s1. The van der Waals surface area contributed by atoms with E-state index in [-0.39, 0.29) is 492 Å². The molecule has 0 amide bonds. The molecule has 74 nitrogen and oxygen atoms in total. The minimum atomic E-state index is -7.48. The molecule has 5 saturated heterocycles. The van der Waals surface area contributed by atoms with Crippen LogP contribution in [0.2, 0.25) is 0 Å². The number of hydrogen-bond acceptors (Lipinski definition) is 74. The van der Waals surface area contributed by atoms with Gasteiger partial charge in [-0.2, -0.15) is 0 Å². The topological polar surface area (TPSA) is 1160 Å². The minimum Gasteiger partial charge on any atom is -0.726 e. The fourth-order valence-corrected chi connectivity index (χ4v) is 18.3. The molecular weight excluding hydrogens is 2520 g/mol.